The topological polar surface area (TPSA) is 123 Å². The summed E-state index contributed by atoms with van der Waals surface area (Å²) >= 11 is 1.26. The molecule has 1 aromatic carbocycles. The van der Waals surface area contributed by atoms with Crippen molar-refractivity contribution in [2.45, 2.75) is 6.61 Å². The Balaban J connectivity index is 1.75. The number of anilines is 1. The molecule has 0 saturated heterocycles. The van der Waals surface area contributed by atoms with E-state index in [-0.39, 0.29) is 23.7 Å². The average Bonchev–Trinajstić information content (AvgIpc) is 3.18. The minimum atomic E-state index is -0.644. The number of aromatic amines is 1. The van der Waals surface area contributed by atoms with Gasteiger partial charge >= 0.3 is 11.9 Å². The van der Waals surface area contributed by atoms with E-state index in [1.165, 1.54) is 36.6 Å². The second kappa shape index (κ2) is 8.44. The van der Waals surface area contributed by atoms with Crippen molar-refractivity contribution < 1.29 is 19.1 Å². The predicted octanol–water partition coefficient (Wildman–Crippen LogP) is 2.12. The second-order valence-electron chi connectivity index (χ2n) is 5.52. The molecule has 0 aliphatic carbocycles. The van der Waals surface area contributed by atoms with Crippen molar-refractivity contribution in [3.8, 4) is 0 Å². The highest BCUT2D eigenvalue weighted by atomic mass is 32.1. The van der Waals surface area contributed by atoms with Gasteiger partial charge < -0.3 is 19.8 Å². The number of nitrogens with zero attached hydrogens (tertiary/aromatic N) is 2. The largest absolute Gasteiger partial charge is 0.465 e. The van der Waals surface area contributed by atoms with Crippen LogP contribution in [0.3, 0.4) is 0 Å². The zero-order valence-corrected chi connectivity index (χ0v) is 15.7. The molecule has 0 aliphatic heterocycles. The molecular weight excluding hydrogens is 384 g/mol. The lowest BCUT2D eigenvalue weighted by Crippen LogP contribution is -2.15. The van der Waals surface area contributed by atoms with Crippen molar-refractivity contribution in [3.63, 3.8) is 0 Å². The number of fused-ring (bicyclic) bond motifs is 1. The predicted molar refractivity (Wildman–Crippen MR) is 104 cm³/mol. The summed E-state index contributed by atoms with van der Waals surface area (Å²) in [4.78, 5) is 46.9. The number of methoxy groups -OCH3 is 1. The van der Waals surface area contributed by atoms with Gasteiger partial charge in [-0.25, -0.2) is 19.6 Å². The number of hydrogen-bond donors (Lipinski definition) is 2. The number of rotatable bonds is 7. The Morgan fingerprint density at radius 2 is 2.14 bits per heavy atom. The number of esters is 2. The quantitative estimate of drug-likeness (QED) is 0.457. The monoisotopic (exact) mass is 400 g/mol. The molecule has 0 unspecified atom stereocenters. The molecule has 28 heavy (non-hydrogen) atoms. The van der Waals surface area contributed by atoms with Gasteiger partial charge in [-0.1, -0.05) is 6.08 Å². The Labute approximate surface area is 163 Å². The van der Waals surface area contributed by atoms with Gasteiger partial charge in [0.2, 0.25) is 0 Å². The van der Waals surface area contributed by atoms with Crippen LogP contribution in [0.1, 0.15) is 26.7 Å². The normalized spacial score (nSPS) is 10.5. The van der Waals surface area contributed by atoms with Gasteiger partial charge in [-0.05, 0) is 18.2 Å². The summed E-state index contributed by atoms with van der Waals surface area (Å²) < 4.78 is 9.83. The highest BCUT2D eigenvalue weighted by Crippen LogP contribution is 2.16. The van der Waals surface area contributed by atoms with Gasteiger partial charge in [-0.15, -0.1) is 17.9 Å². The van der Waals surface area contributed by atoms with Crippen LogP contribution >= 0.6 is 11.3 Å². The van der Waals surface area contributed by atoms with Gasteiger partial charge in [0.05, 0.1) is 23.6 Å². The van der Waals surface area contributed by atoms with Crippen LogP contribution in [0.4, 0.5) is 5.13 Å². The van der Waals surface area contributed by atoms with E-state index in [9.17, 15) is 14.4 Å². The molecule has 144 valence electrons. The third kappa shape index (κ3) is 4.23. The molecule has 2 heterocycles. The molecule has 10 heteroatoms. The average molecular weight is 400 g/mol. The van der Waals surface area contributed by atoms with Crippen molar-refractivity contribution in [3.05, 3.63) is 63.7 Å². The molecule has 0 saturated carbocycles. The molecule has 0 fully saturated rings. The van der Waals surface area contributed by atoms with E-state index in [0.717, 1.165) is 0 Å². The van der Waals surface area contributed by atoms with Crippen LogP contribution in [0.2, 0.25) is 0 Å². The van der Waals surface area contributed by atoms with Crippen LogP contribution < -0.4 is 10.9 Å². The summed E-state index contributed by atoms with van der Waals surface area (Å²) in [7, 11) is 1.26. The third-order valence-corrected chi connectivity index (χ3v) is 4.43. The molecular formula is C18H16N4O5S. The van der Waals surface area contributed by atoms with Crippen molar-refractivity contribution >= 4 is 39.3 Å². The van der Waals surface area contributed by atoms with Gasteiger partial charge in [0.1, 0.15) is 12.4 Å². The fourth-order valence-corrected chi connectivity index (χ4v) is 3.01. The summed E-state index contributed by atoms with van der Waals surface area (Å²) in [6, 6.07) is 4.40. The van der Waals surface area contributed by atoms with Crippen molar-refractivity contribution in [2.75, 3.05) is 19.0 Å². The van der Waals surface area contributed by atoms with E-state index in [0.29, 0.717) is 22.6 Å². The zero-order valence-electron chi connectivity index (χ0n) is 14.9. The van der Waals surface area contributed by atoms with Crippen LogP contribution in [0.25, 0.3) is 10.9 Å². The Hall–Kier alpha value is -3.53. The van der Waals surface area contributed by atoms with Crippen molar-refractivity contribution in [1.29, 1.82) is 0 Å². The first kappa shape index (κ1) is 19.2. The standard InChI is InChI=1S/C18H16N4O5S/c1-3-6-19-18-21-13(9-28-18)17(25)27-8-14-20-12-7-10(16(24)26-2)4-5-11(12)15(23)22-14/h3-5,7,9H,1,6,8H2,2H3,(H,19,21)(H,20,22,23). The van der Waals surface area contributed by atoms with Gasteiger partial charge in [0.25, 0.3) is 5.56 Å². The number of thiazole rings is 1. The molecule has 9 nitrogen and oxygen atoms in total. The molecule has 0 amide bonds. The lowest BCUT2D eigenvalue weighted by Gasteiger charge is -2.05. The first-order chi connectivity index (χ1) is 13.5. The van der Waals surface area contributed by atoms with Crippen LogP contribution in [0.15, 0.2) is 41.0 Å². The number of H-pyrrole nitrogens is 1. The maximum Gasteiger partial charge on any atom is 0.358 e. The minimum absolute atomic E-state index is 0.146. The fraction of sp³-hybridized carbons (Fsp3) is 0.167. The van der Waals surface area contributed by atoms with E-state index in [1.54, 1.807) is 11.5 Å². The highest BCUT2D eigenvalue weighted by Gasteiger charge is 2.14. The number of carbonyl (C=O) groups excluding carboxylic acids is 2. The first-order valence-electron chi connectivity index (χ1n) is 8.10. The Kier molecular flexibility index (Phi) is 5.80. The molecule has 0 atom stereocenters. The molecule has 0 radical (unpaired) electrons. The van der Waals surface area contributed by atoms with Crippen LogP contribution in [0, 0.1) is 0 Å². The van der Waals surface area contributed by atoms with Crippen LogP contribution in [-0.2, 0) is 16.1 Å². The lowest BCUT2D eigenvalue weighted by atomic mass is 10.1. The highest BCUT2D eigenvalue weighted by molar-refractivity contribution is 7.13. The van der Waals surface area contributed by atoms with Gasteiger partial charge in [-0.2, -0.15) is 0 Å². The smallest absolute Gasteiger partial charge is 0.358 e. The summed E-state index contributed by atoms with van der Waals surface area (Å²) in [6.45, 7) is 3.87. The van der Waals surface area contributed by atoms with Crippen molar-refractivity contribution in [1.82, 2.24) is 15.0 Å². The molecule has 0 spiro atoms. The van der Waals surface area contributed by atoms with E-state index < -0.39 is 17.5 Å². The van der Waals surface area contributed by atoms with Gasteiger partial charge in [-0.3, -0.25) is 4.79 Å². The zero-order chi connectivity index (χ0) is 20.1. The first-order valence-corrected chi connectivity index (χ1v) is 8.98. The Bertz CT molecular complexity index is 1100. The number of benzene rings is 1. The maximum absolute atomic E-state index is 12.2. The van der Waals surface area contributed by atoms with Gasteiger partial charge in [0, 0.05) is 11.9 Å². The second-order valence-corrected chi connectivity index (χ2v) is 6.38. The Morgan fingerprint density at radius 3 is 2.89 bits per heavy atom. The molecule has 2 aromatic heterocycles. The summed E-state index contributed by atoms with van der Waals surface area (Å²) in [5.41, 5.74) is 0.296. The third-order valence-electron chi connectivity index (χ3n) is 3.63. The van der Waals surface area contributed by atoms with E-state index in [1.807, 2.05) is 0 Å². The number of ether oxygens (including phenoxy) is 2. The minimum Gasteiger partial charge on any atom is -0.465 e. The number of nitrogens with one attached hydrogen (secondary N) is 2. The maximum atomic E-state index is 12.2. The van der Waals surface area contributed by atoms with E-state index >= 15 is 0 Å². The molecule has 0 bridgehead atoms. The van der Waals surface area contributed by atoms with Crippen LogP contribution in [-0.4, -0.2) is 40.5 Å². The summed E-state index contributed by atoms with van der Waals surface area (Å²) in [6.07, 6.45) is 1.67. The van der Waals surface area contributed by atoms with Crippen LogP contribution in [0.5, 0.6) is 0 Å². The lowest BCUT2D eigenvalue weighted by molar-refractivity contribution is 0.0456. The number of carbonyl (C=O) groups is 2. The summed E-state index contributed by atoms with van der Waals surface area (Å²) in [5, 5.41) is 5.41. The fourth-order valence-electron chi connectivity index (χ4n) is 2.32. The molecule has 2 N–H and O–H groups in total. The number of hydrogen-bond acceptors (Lipinski definition) is 9. The van der Waals surface area contributed by atoms with E-state index in [2.05, 4.69) is 31.6 Å². The van der Waals surface area contributed by atoms with E-state index in [4.69, 9.17) is 4.74 Å². The number of aromatic nitrogens is 3. The molecule has 0 aliphatic rings. The SMILES string of the molecule is C=CCNc1nc(C(=O)OCc2nc3cc(C(=O)OC)ccc3c(=O)[nH]2)cs1. The summed E-state index contributed by atoms with van der Waals surface area (Å²) in [5.74, 6) is -1.04. The molecule has 3 rings (SSSR count). The van der Waals surface area contributed by atoms with Gasteiger partial charge in [0.15, 0.2) is 10.8 Å². The Morgan fingerprint density at radius 1 is 1.32 bits per heavy atom. The molecule has 3 aromatic rings. The van der Waals surface area contributed by atoms with Crippen molar-refractivity contribution in [2.24, 2.45) is 0 Å².